The fourth-order valence-electron chi connectivity index (χ4n) is 2.90. The molecule has 3 rings (SSSR count). The van der Waals surface area contributed by atoms with Crippen molar-refractivity contribution in [1.82, 2.24) is 0 Å². The van der Waals surface area contributed by atoms with E-state index in [1.807, 2.05) is 25.1 Å². The summed E-state index contributed by atoms with van der Waals surface area (Å²) < 4.78 is 61.3. The Bertz CT molecular complexity index is 1170. The molecule has 0 aromatic heterocycles. The molecule has 3 aromatic rings. The standard InChI is InChI=1S/C10H8O3S.C9H12O3S/c11-14(12,13)10-6-5-8-3-1-2-4-9(8)7-10;1-6-4-7(2)9(8(3)5-6)13(10,11)12/h1-7H,(H,11,12,13);4-5H,1-3H3,(H,10,11,12). The maximum Gasteiger partial charge on any atom is 0.295 e. The summed E-state index contributed by atoms with van der Waals surface area (Å²) >= 11 is 0. The molecule has 0 aliphatic heterocycles. The van der Waals surface area contributed by atoms with E-state index in [1.165, 1.54) is 12.1 Å². The molecule has 3 aromatic carbocycles. The molecular formula is C19H20O6S2. The van der Waals surface area contributed by atoms with Crippen molar-refractivity contribution in [3.8, 4) is 0 Å². The van der Waals surface area contributed by atoms with Crippen LogP contribution in [0, 0.1) is 20.8 Å². The van der Waals surface area contributed by atoms with Crippen LogP contribution in [-0.4, -0.2) is 25.9 Å². The van der Waals surface area contributed by atoms with Crippen LogP contribution < -0.4 is 0 Å². The lowest BCUT2D eigenvalue weighted by molar-refractivity contribution is 0.480. The molecule has 6 nitrogen and oxygen atoms in total. The van der Waals surface area contributed by atoms with Gasteiger partial charge in [0.15, 0.2) is 0 Å². The third-order valence-corrected chi connectivity index (χ3v) is 5.89. The third-order valence-electron chi connectivity index (χ3n) is 3.88. The molecule has 0 aliphatic carbocycles. The molecule has 0 atom stereocenters. The molecular weight excluding hydrogens is 388 g/mol. The minimum atomic E-state index is -4.09. The molecule has 27 heavy (non-hydrogen) atoms. The normalized spacial score (nSPS) is 11.7. The first-order valence-corrected chi connectivity index (χ1v) is 10.8. The minimum Gasteiger partial charge on any atom is -0.282 e. The second-order valence-corrected chi connectivity index (χ2v) is 8.97. The zero-order valence-electron chi connectivity index (χ0n) is 15.0. The van der Waals surface area contributed by atoms with Crippen molar-refractivity contribution in [2.45, 2.75) is 30.6 Å². The van der Waals surface area contributed by atoms with Crippen LogP contribution in [0.25, 0.3) is 10.8 Å². The Labute approximate surface area is 159 Å². The van der Waals surface area contributed by atoms with Crippen LogP contribution in [0.4, 0.5) is 0 Å². The van der Waals surface area contributed by atoms with E-state index in [0.717, 1.165) is 16.3 Å². The highest BCUT2D eigenvalue weighted by atomic mass is 32.2. The van der Waals surface area contributed by atoms with Gasteiger partial charge in [0.1, 0.15) is 0 Å². The van der Waals surface area contributed by atoms with Gasteiger partial charge in [0.2, 0.25) is 0 Å². The summed E-state index contributed by atoms with van der Waals surface area (Å²) in [6.45, 7) is 5.22. The van der Waals surface area contributed by atoms with Crippen LogP contribution in [0.3, 0.4) is 0 Å². The van der Waals surface area contributed by atoms with Gasteiger partial charge in [0.25, 0.3) is 20.2 Å². The molecule has 0 saturated heterocycles. The molecule has 0 saturated carbocycles. The Morgan fingerprint density at radius 1 is 0.667 bits per heavy atom. The molecule has 0 fully saturated rings. The topological polar surface area (TPSA) is 109 Å². The van der Waals surface area contributed by atoms with E-state index in [-0.39, 0.29) is 9.79 Å². The summed E-state index contributed by atoms with van der Waals surface area (Å²) in [6.07, 6.45) is 0. The number of hydrogen-bond donors (Lipinski definition) is 2. The van der Waals surface area contributed by atoms with Crippen LogP contribution in [0.15, 0.2) is 64.4 Å². The highest BCUT2D eigenvalue weighted by molar-refractivity contribution is 7.86. The fourth-order valence-corrected chi connectivity index (χ4v) is 4.35. The van der Waals surface area contributed by atoms with Gasteiger partial charge >= 0.3 is 0 Å². The molecule has 0 spiro atoms. The maximum atomic E-state index is 10.9. The van der Waals surface area contributed by atoms with Gasteiger partial charge in [0, 0.05) is 0 Å². The van der Waals surface area contributed by atoms with Crippen LogP contribution in [0.2, 0.25) is 0 Å². The molecule has 144 valence electrons. The Hall–Kier alpha value is -2.26. The fraction of sp³-hybridized carbons (Fsp3) is 0.158. The van der Waals surface area contributed by atoms with Crippen molar-refractivity contribution in [1.29, 1.82) is 0 Å². The molecule has 0 unspecified atom stereocenters. The average Bonchev–Trinajstić information content (AvgIpc) is 2.51. The van der Waals surface area contributed by atoms with Crippen molar-refractivity contribution in [3.63, 3.8) is 0 Å². The van der Waals surface area contributed by atoms with E-state index in [9.17, 15) is 16.8 Å². The van der Waals surface area contributed by atoms with Gasteiger partial charge in [-0.15, -0.1) is 0 Å². The number of aryl methyl sites for hydroxylation is 3. The summed E-state index contributed by atoms with van der Waals surface area (Å²) in [4.78, 5) is -0.0469. The van der Waals surface area contributed by atoms with Crippen molar-refractivity contribution in [2.24, 2.45) is 0 Å². The largest absolute Gasteiger partial charge is 0.295 e. The van der Waals surface area contributed by atoms with E-state index < -0.39 is 20.2 Å². The first-order chi connectivity index (χ1) is 12.4. The quantitative estimate of drug-likeness (QED) is 0.622. The lowest BCUT2D eigenvalue weighted by Gasteiger charge is -2.07. The third kappa shape index (κ3) is 5.36. The first kappa shape index (κ1) is 21.0. The Balaban J connectivity index is 0.000000194. The zero-order chi connectivity index (χ0) is 20.4. The van der Waals surface area contributed by atoms with E-state index >= 15 is 0 Å². The van der Waals surface area contributed by atoms with Gasteiger partial charge in [-0.25, -0.2) is 0 Å². The van der Waals surface area contributed by atoms with Crippen LogP contribution in [0.5, 0.6) is 0 Å². The molecule has 0 heterocycles. The van der Waals surface area contributed by atoms with Gasteiger partial charge in [-0.3, -0.25) is 9.11 Å². The van der Waals surface area contributed by atoms with Crippen LogP contribution in [0.1, 0.15) is 16.7 Å². The summed E-state index contributed by atoms with van der Waals surface area (Å²) in [5, 5.41) is 1.74. The number of rotatable bonds is 2. The van der Waals surface area contributed by atoms with Gasteiger partial charge < -0.3 is 0 Å². The average molecular weight is 408 g/mol. The summed E-state index contributed by atoms with van der Waals surface area (Å²) in [5.41, 5.74) is 2.16. The molecule has 2 N–H and O–H groups in total. The van der Waals surface area contributed by atoms with Crippen molar-refractivity contribution < 1.29 is 25.9 Å². The smallest absolute Gasteiger partial charge is 0.282 e. The van der Waals surface area contributed by atoms with Crippen molar-refractivity contribution in [2.75, 3.05) is 0 Å². The number of fused-ring (bicyclic) bond motifs is 1. The predicted molar refractivity (Wildman–Crippen MR) is 104 cm³/mol. The molecule has 0 radical (unpaired) electrons. The molecule has 0 bridgehead atoms. The predicted octanol–water partition coefficient (Wildman–Crippen LogP) is 3.95. The van der Waals surface area contributed by atoms with E-state index in [4.69, 9.17) is 9.11 Å². The SMILES string of the molecule is Cc1cc(C)c(S(=O)(=O)O)c(C)c1.O=S(=O)(O)c1ccc2ccccc2c1. The van der Waals surface area contributed by atoms with Crippen LogP contribution >= 0.6 is 0 Å². The number of benzene rings is 3. The maximum absolute atomic E-state index is 10.9. The molecule has 0 amide bonds. The lowest BCUT2D eigenvalue weighted by atomic mass is 10.1. The number of hydrogen-bond acceptors (Lipinski definition) is 4. The summed E-state index contributed by atoms with van der Waals surface area (Å²) in [7, 11) is -8.18. The van der Waals surface area contributed by atoms with Gasteiger partial charge in [-0.2, -0.15) is 16.8 Å². The summed E-state index contributed by atoms with van der Waals surface area (Å²) in [6, 6.07) is 15.3. The molecule has 0 aliphatic rings. The highest BCUT2D eigenvalue weighted by Gasteiger charge is 2.16. The first-order valence-electron chi connectivity index (χ1n) is 7.91. The van der Waals surface area contributed by atoms with Gasteiger partial charge in [0.05, 0.1) is 9.79 Å². The Morgan fingerprint density at radius 2 is 1.19 bits per heavy atom. The molecule has 8 heteroatoms. The summed E-state index contributed by atoms with van der Waals surface area (Å²) in [5.74, 6) is 0. The van der Waals surface area contributed by atoms with Crippen LogP contribution in [-0.2, 0) is 20.2 Å². The monoisotopic (exact) mass is 408 g/mol. The lowest BCUT2D eigenvalue weighted by Crippen LogP contribution is -2.04. The second kappa shape index (κ2) is 7.77. The zero-order valence-corrected chi connectivity index (χ0v) is 16.7. The van der Waals surface area contributed by atoms with Crippen molar-refractivity contribution in [3.05, 3.63) is 71.3 Å². The van der Waals surface area contributed by atoms with E-state index in [2.05, 4.69) is 0 Å². The van der Waals surface area contributed by atoms with Gasteiger partial charge in [-0.1, -0.05) is 48.0 Å². The Morgan fingerprint density at radius 3 is 1.67 bits per heavy atom. The highest BCUT2D eigenvalue weighted by Crippen LogP contribution is 2.21. The van der Waals surface area contributed by atoms with E-state index in [0.29, 0.717) is 11.1 Å². The second-order valence-electron chi connectivity index (χ2n) is 6.19. The van der Waals surface area contributed by atoms with Crippen molar-refractivity contribution >= 4 is 31.0 Å². The Kier molecular flexibility index (Phi) is 6.06. The van der Waals surface area contributed by atoms with E-state index in [1.54, 1.807) is 38.1 Å². The van der Waals surface area contributed by atoms with Gasteiger partial charge in [-0.05, 0) is 54.8 Å². The minimum absolute atomic E-state index is 0.0260.